The number of ether oxygens (including phenoxy) is 1. The van der Waals surface area contributed by atoms with Crippen molar-refractivity contribution in [1.82, 2.24) is 5.32 Å². The molecular formula is C26H23IN2O6. The number of hydrogen-bond acceptors (Lipinski definition) is 5. The number of halogens is 1. The second-order valence-electron chi connectivity index (χ2n) is 8.11. The number of carboxylic acid groups (broad SMARTS) is 1. The van der Waals surface area contributed by atoms with Crippen molar-refractivity contribution in [1.29, 1.82) is 0 Å². The molecule has 0 bridgehead atoms. The minimum atomic E-state index is -1.18. The summed E-state index contributed by atoms with van der Waals surface area (Å²) in [4.78, 5) is 35.4. The first-order chi connectivity index (χ1) is 16.8. The number of nitrogens with one attached hydrogen (secondary N) is 2. The van der Waals surface area contributed by atoms with Gasteiger partial charge in [-0.2, -0.15) is 0 Å². The van der Waals surface area contributed by atoms with E-state index in [0.29, 0.717) is 14.8 Å². The number of anilines is 1. The number of aliphatic hydroxyl groups excluding tert-OH is 1. The first-order valence-corrected chi connectivity index (χ1v) is 12.0. The zero-order valence-electron chi connectivity index (χ0n) is 18.5. The molecule has 0 saturated carbocycles. The van der Waals surface area contributed by atoms with E-state index in [1.54, 1.807) is 12.1 Å². The number of rotatable bonds is 8. The summed E-state index contributed by atoms with van der Waals surface area (Å²) >= 11 is 2.00. The summed E-state index contributed by atoms with van der Waals surface area (Å²) < 4.78 is 6.18. The van der Waals surface area contributed by atoms with Crippen LogP contribution in [0.2, 0.25) is 0 Å². The van der Waals surface area contributed by atoms with E-state index in [9.17, 15) is 19.5 Å². The number of aliphatic hydroxyl groups is 1. The molecule has 2 amide bonds. The van der Waals surface area contributed by atoms with Crippen molar-refractivity contribution in [3.8, 4) is 11.1 Å². The molecule has 3 aromatic rings. The largest absolute Gasteiger partial charge is 0.481 e. The maximum atomic E-state index is 12.5. The summed E-state index contributed by atoms with van der Waals surface area (Å²) in [5.41, 5.74) is 5.35. The molecule has 180 valence electrons. The van der Waals surface area contributed by atoms with Crippen molar-refractivity contribution >= 4 is 46.2 Å². The molecule has 0 saturated heterocycles. The van der Waals surface area contributed by atoms with Gasteiger partial charge in [0.2, 0.25) is 0 Å². The summed E-state index contributed by atoms with van der Waals surface area (Å²) in [6.45, 7) is 0.0110. The van der Waals surface area contributed by atoms with Gasteiger partial charge in [0.1, 0.15) is 6.61 Å². The summed E-state index contributed by atoms with van der Waals surface area (Å²) in [5.74, 6) is -1.65. The van der Waals surface area contributed by atoms with Crippen LogP contribution in [-0.2, 0) is 9.53 Å². The van der Waals surface area contributed by atoms with Gasteiger partial charge in [-0.05, 0) is 63.0 Å². The van der Waals surface area contributed by atoms with Gasteiger partial charge in [-0.1, -0.05) is 48.5 Å². The maximum Gasteiger partial charge on any atom is 0.411 e. The third-order valence-electron chi connectivity index (χ3n) is 5.72. The highest BCUT2D eigenvalue weighted by molar-refractivity contribution is 14.1. The summed E-state index contributed by atoms with van der Waals surface area (Å²) in [7, 11) is 0. The standard InChI is InChI=1S/C26H23IN2O6/c27-22-11-15(25(33)28-13-16(30)12-24(31)32)9-10-23(22)29-26(34)35-14-21-19-7-3-1-5-17(19)18-6-2-4-8-20(18)21/h1-11,16,21,30H,12-14H2,(H,28,33)(H,29,34)(H,31,32). The lowest BCUT2D eigenvalue weighted by Crippen LogP contribution is -2.33. The van der Waals surface area contributed by atoms with Crippen molar-refractivity contribution in [3.63, 3.8) is 0 Å². The lowest BCUT2D eigenvalue weighted by atomic mass is 9.98. The van der Waals surface area contributed by atoms with E-state index in [2.05, 4.69) is 34.9 Å². The molecule has 3 aromatic carbocycles. The van der Waals surface area contributed by atoms with Crippen LogP contribution in [0.5, 0.6) is 0 Å². The van der Waals surface area contributed by atoms with Gasteiger partial charge in [0.05, 0.1) is 18.2 Å². The molecule has 0 heterocycles. The van der Waals surface area contributed by atoms with Crippen LogP contribution in [0.25, 0.3) is 11.1 Å². The second-order valence-corrected chi connectivity index (χ2v) is 9.27. The molecule has 4 rings (SSSR count). The highest BCUT2D eigenvalue weighted by Gasteiger charge is 2.29. The van der Waals surface area contributed by atoms with Crippen molar-refractivity contribution in [2.45, 2.75) is 18.4 Å². The van der Waals surface area contributed by atoms with E-state index in [0.717, 1.165) is 22.3 Å². The normalized spacial score (nSPS) is 12.9. The highest BCUT2D eigenvalue weighted by Crippen LogP contribution is 2.44. The van der Waals surface area contributed by atoms with E-state index in [4.69, 9.17) is 9.84 Å². The first-order valence-electron chi connectivity index (χ1n) is 10.9. The van der Waals surface area contributed by atoms with Crippen molar-refractivity contribution < 1.29 is 29.3 Å². The quantitative estimate of drug-likeness (QED) is 0.293. The zero-order chi connectivity index (χ0) is 24.9. The van der Waals surface area contributed by atoms with Gasteiger partial charge in [-0.25, -0.2) is 4.79 Å². The van der Waals surface area contributed by atoms with Gasteiger partial charge in [-0.15, -0.1) is 0 Å². The van der Waals surface area contributed by atoms with E-state index in [-0.39, 0.29) is 19.1 Å². The number of benzene rings is 3. The van der Waals surface area contributed by atoms with Gasteiger partial charge in [0.25, 0.3) is 5.91 Å². The van der Waals surface area contributed by atoms with Crippen molar-refractivity contribution in [2.75, 3.05) is 18.5 Å². The fourth-order valence-electron chi connectivity index (χ4n) is 4.09. The smallest absolute Gasteiger partial charge is 0.411 e. The fourth-order valence-corrected chi connectivity index (χ4v) is 4.74. The van der Waals surface area contributed by atoms with Gasteiger partial charge in [0, 0.05) is 21.6 Å². The summed E-state index contributed by atoms with van der Waals surface area (Å²) in [6, 6.07) is 20.9. The molecule has 8 nitrogen and oxygen atoms in total. The first kappa shape index (κ1) is 24.7. The third-order valence-corrected chi connectivity index (χ3v) is 6.61. The van der Waals surface area contributed by atoms with Gasteiger partial charge in [-0.3, -0.25) is 14.9 Å². The number of fused-ring (bicyclic) bond motifs is 3. The van der Waals surface area contributed by atoms with Crippen LogP contribution in [-0.4, -0.2) is 47.4 Å². The number of carboxylic acids is 1. The monoisotopic (exact) mass is 586 g/mol. The molecule has 0 radical (unpaired) electrons. The molecule has 9 heteroatoms. The summed E-state index contributed by atoms with van der Waals surface area (Å²) in [5, 5.41) is 23.5. The third kappa shape index (κ3) is 5.80. The van der Waals surface area contributed by atoms with Crippen LogP contribution < -0.4 is 10.6 Å². The van der Waals surface area contributed by atoms with Crippen LogP contribution >= 0.6 is 22.6 Å². The summed E-state index contributed by atoms with van der Waals surface area (Å²) in [6.07, 6.45) is -2.23. The lowest BCUT2D eigenvalue weighted by molar-refractivity contribution is -0.139. The molecule has 4 N–H and O–H groups in total. The van der Waals surface area contributed by atoms with Gasteiger partial charge < -0.3 is 20.3 Å². The minimum Gasteiger partial charge on any atom is -0.481 e. The Hall–Kier alpha value is -3.44. The van der Waals surface area contributed by atoms with Crippen LogP contribution in [0, 0.1) is 3.57 Å². The molecule has 0 aromatic heterocycles. The predicted octanol–water partition coefficient (Wildman–Crippen LogP) is 4.22. The maximum absolute atomic E-state index is 12.5. The topological polar surface area (TPSA) is 125 Å². The highest BCUT2D eigenvalue weighted by atomic mass is 127. The molecule has 1 aliphatic carbocycles. The SMILES string of the molecule is O=C(O)CC(O)CNC(=O)c1ccc(NC(=O)OCC2c3ccccc3-c3ccccc32)c(I)c1. The average molecular weight is 586 g/mol. The average Bonchev–Trinajstić information content (AvgIpc) is 3.16. The molecule has 1 aliphatic rings. The van der Waals surface area contributed by atoms with Crippen LogP contribution in [0.1, 0.15) is 33.8 Å². The lowest BCUT2D eigenvalue weighted by Gasteiger charge is -2.15. The fraction of sp³-hybridized carbons (Fsp3) is 0.192. The number of amides is 2. The Balaban J connectivity index is 1.35. The molecule has 0 fully saturated rings. The van der Waals surface area contributed by atoms with Crippen molar-refractivity contribution in [3.05, 3.63) is 87.0 Å². The van der Waals surface area contributed by atoms with E-state index in [1.165, 1.54) is 6.07 Å². The number of carbonyl (C=O) groups excluding carboxylic acids is 2. The second kappa shape index (κ2) is 10.9. The Bertz CT molecular complexity index is 1230. The van der Waals surface area contributed by atoms with E-state index >= 15 is 0 Å². The Morgan fingerprint density at radius 1 is 0.971 bits per heavy atom. The van der Waals surface area contributed by atoms with Gasteiger partial charge in [0.15, 0.2) is 0 Å². The van der Waals surface area contributed by atoms with E-state index in [1.807, 2.05) is 46.9 Å². The number of carbonyl (C=O) groups is 3. The number of hydrogen-bond donors (Lipinski definition) is 4. The molecular weight excluding hydrogens is 563 g/mol. The Labute approximate surface area is 215 Å². The predicted molar refractivity (Wildman–Crippen MR) is 138 cm³/mol. The molecule has 1 atom stereocenters. The molecule has 35 heavy (non-hydrogen) atoms. The van der Waals surface area contributed by atoms with E-state index < -0.39 is 30.5 Å². The molecule has 0 spiro atoms. The van der Waals surface area contributed by atoms with Crippen LogP contribution in [0.15, 0.2) is 66.7 Å². The Kier molecular flexibility index (Phi) is 7.67. The minimum absolute atomic E-state index is 0.0465. The van der Waals surface area contributed by atoms with Crippen molar-refractivity contribution in [2.24, 2.45) is 0 Å². The molecule has 0 aliphatic heterocycles. The van der Waals surface area contributed by atoms with Crippen LogP contribution in [0.3, 0.4) is 0 Å². The zero-order valence-corrected chi connectivity index (χ0v) is 20.7. The Morgan fingerprint density at radius 2 is 1.60 bits per heavy atom. The Morgan fingerprint density at radius 3 is 2.20 bits per heavy atom. The van der Waals surface area contributed by atoms with Gasteiger partial charge >= 0.3 is 12.1 Å². The molecule has 1 unspecified atom stereocenters. The number of aliphatic carboxylic acids is 1. The van der Waals surface area contributed by atoms with Crippen LogP contribution in [0.4, 0.5) is 10.5 Å².